The third-order valence-electron chi connectivity index (χ3n) is 5.00. The molecule has 0 saturated heterocycles. The van der Waals surface area contributed by atoms with Crippen LogP contribution in [0.3, 0.4) is 0 Å². The number of aliphatic carboxylic acids is 1. The van der Waals surface area contributed by atoms with Crippen molar-refractivity contribution in [2.45, 2.75) is 32.9 Å². The first-order valence-electron chi connectivity index (χ1n) is 9.21. The lowest BCUT2D eigenvalue weighted by Crippen LogP contribution is -2.35. The third kappa shape index (κ3) is 5.80. The number of hydrogen-bond donors (Lipinski definition) is 3. The molecule has 0 bridgehead atoms. The normalized spacial score (nSPS) is 14.4. The van der Waals surface area contributed by atoms with Gasteiger partial charge in [0.15, 0.2) is 0 Å². The Morgan fingerprint density at radius 3 is 2.43 bits per heavy atom. The van der Waals surface area contributed by atoms with Crippen LogP contribution in [-0.4, -0.2) is 34.7 Å². The van der Waals surface area contributed by atoms with Gasteiger partial charge >= 0.3 is 5.97 Å². The van der Waals surface area contributed by atoms with Crippen LogP contribution in [0.5, 0.6) is 0 Å². The van der Waals surface area contributed by atoms with Crippen molar-refractivity contribution < 1.29 is 24.4 Å². The van der Waals surface area contributed by atoms with Gasteiger partial charge in [-0.25, -0.2) is 4.39 Å². The molecular formula is C21H25BClFO4. The fraction of sp³-hybridized carbons (Fsp3) is 0.381. The number of carbonyl (C=O) groups is 1. The molecule has 2 atom stereocenters. The van der Waals surface area contributed by atoms with Crippen LogP contribution >= 0.6 is 11.6 Å². The van der Waals surface area contributed by atoms with E-state index in [0.29, 0.717) is 28.9 Å². The van der Waals surface area contributed by atoms with Gasteiger partial charge in [-0.05, 0) is 61.3 Å². The maximum absolute atomic E-state index is 14.0. The Hall–Kier alpha value is -1.89. The minimum absolute atomic E-state index is 0.123. The van der Waals surface area contributed by atoms with Crippen LogP contribution in [0.15, 0.2) is 42.5 Å². The molecule has 2 rings (SSSR count). The summed E-state index contributed by atoms with van der Waals surface area (Å²) in [5, 5.41) is 29.2. The molecule has 28 heavy (non-hydrogen) atoms. The summed E-state index contributed by atoms with van der Waals surface area (Å²) in [6.07, 6.45) is 1.22. The molecule has 0 aliphatic heterocycles. The van der Waals surface area contributed by atoms with Crippen LogP contribution < -0.4 is 0 Å². The summed E-state index contributed by atoms with van der Waals surface area (Å²) in [5.74, 6) is -1.54. The molecular weight excluding hydrogens is 381 g/mol. The number of halogens is 2. The van der Waals surface area contributed by atoms with Crippen LogP contribution in [0.2, 0.25) is 18.2 Å². The number of hydrogen-bond acceptors (Lipinski definition) is 3. The summed E-state index contributed by atoms with van der Waals surface area (Å²) in [5.41, 5.74) is 0.797. The van der Waals surface area contributed by atoms with Crippen molar-refractivity contribution in [2.24, 2.45) is 11.3 Å². The Labute approximate surface area is 170 Å². The van der Waals surface area contributed by atoms with Crippen LogP contribution in [-0.2, 0) is 11.2 Å². The molecule has 0 amide bonds. The summed E-state index contributed by atoms with van der Waals surface area (Å²) in [6, 6.07) is 11.7. The van der Waals surface area contributed by atoms with Gasteiger partial charge in [-0.1, -0.05) is 42.7 Å². The molecule has 0 unspecified atom stereocenters. The fourth-order valence-electron chi connectivity index (χ4n) is 3.45. The molecule has 2 aromatic rings. The van der Waals surface area contributed by atoms with Gasteiger partial charge in [0.1, 0.15) is 5.82 Å². The van der Waals surface area contributed by atoms with Gasteiger partial charge in [0.25, 0.3) is 6.92 Å². The molecule has 0 aromatic heterocycles. The molecule has 0 aliphatic rings. The van der Waals surface area contributed by atoms with Crippen LogP contribution in [0, 0.1) is 17.2 Å². The van der Waals surface area contributed by atoms with Crippen molar-refractivity contribution >= 4 is 24.5 Å². The monoisotopic (exact) mass is 406 g/mol. The van der Waals surface area contributed by atoms with Crippen molar-refractivity contribution in [3.8, 4) is 11.1 Å². The minimum Gasteiger partial charge on any atom is -0.481 e. The second kappa shape index (κ2) is 9.55. The van der Waals surface area contributed by atoms with E-state index in [4.69, 9.17) is 11.6 Å². The number of carboxylic acid groups (broad SMARTS) is 1. The van der Waals surface area contributed by atoms with E-state index in [1.54, 1.807) is 25.0 Å². The van der Waals surface area contributed by atoms with E-state index in [1.165, 1.54) is 19.1 Å². The van der Waals surface area contributed by atoms with Gasteiger partial charge < -0.3 is 15.2 Å². The molecule has 3 N–H and O–H groups in total. The minimum atomic E-state index is -1.26. The predicted molar refractivity (Wildman–Crippen MR) is 110 cm³/mol. The van der Waals surface area contributed by atoms with Crippen molar-refractivity contribution in [3.63, 3.8) is 0 Å². The highest BCUT2D eigenvalue weighted by atomic mass is 35.5. The van der Waals surface area contributed by atoms with Gasteiger partial charge in [-0.15, -0.1) is 0 Å². The average Bonchev–Trinajstić information content (AvgIpc) is 2.63. The lowest BCUT2D eigenvalue weighted by Gasteiger charge is -2.28. The zero-order valence-corrected chi connectivity index (χ0v) is 16.8. The maximum Gasteiger partial charge on any atom is 0.311 e. The number of aliphatic hydroxyl groups is 1. The first kappa shape index (κ1) is 22.4. The van der Waals surface area contributed by atoms with Crippen molar-refractivity contribution in [2.75, 3.05) is 6.61 Å². The zero-order chi connectivity index (χ0) is 20.9. The van der Waals surface area contributed by atoms with Gasteiger partial charge in [0, 0.05) is 10.6 Å². The average molecular weight is 407 g/mol. The largest absolute Gasteiger partial charge is 0.481 e. The number of aliphatic hydroxyl groups excluding tert-OH is 1. The lowest BCUT2D eigenvalue weighted by atomic mass is 9.60. The highest BCUT2D eigenvalue weighted by Crippen LogP contribution is 2.32. The molecule has 4 nitrogen and oxygen atoms in total. The first-order valence-corrected chi connectivity index (χ1v) is 9.59. The van der Waals surface area contributed by atoms with Gasteiger partial charge in [-0.2, -0.15) is 0 Å². The Morgan fingerprint density at radius 1 is 1.25 bits per heavy atom. The van der Waals surface area contributed by atoms with E-state index in [0.717, 1.165) is 5.56 Å². The summed E-state index contributed by atoms with van der Waals surface area (Å²) in [4.78, 5) is 11.5. The van der Waals surface area contributed by atoms with E-state index >= 15 is 0 Å². The van der Waals surface area contributed by atoms with E-state index in [9.17, 15) is 24.4 Å². The standard InChI is InChI=1S/C21H25BClFO4/c1-21(13-25,20(26)27)11-15(12-22(2)28)9-14-3-5-16(6-4-14)18-10-17(23)7-8-19(18)24/h3-8,10,15,25,28H,9,11-13H2,1-2H3,(H,26,27)/t15-,21+/m1/s1. The Kier molecular flexibility index (Phi) is 7.64. The summed E-state index contributed by atoms with van der Waals surface area (Å²) < 4.78 is 14.0. The molecule has 0 radical (unpaired) electrons. The molecule has 0 heterocycles. The SMILES string of the molecule is CB(O)C[C@H](Cc1ccc(-c2cc(Cl)ccc2F)cc1)C[C@@](C)(CO)C(=O)O. The molecule has 0 fully saturated rings. The molecule has 2 aromatic carbocycles. The lowest BCUT2D eigenvalue weighted by molar-refractivity contribution is -0.151. The van der Waals surface area contributed by atoms with E-state index < -0.39 is 24.9 Å². The zero-order valence-electron chi connectivity index (χ0n) is 16.0. The molecule has 150 valence electrons. The van der Waals surface area contributed by atoms with Crippen LogP contribution in [0.25, 0.3) is 11.1 Å². The highest BCUT2D eigenvalue weighted by molar-refractivity contribution is 6.48. The second-order valence-corrected chi connectivity index (χ2v) is 8.14. The number of rotatable bonds is 9. The smallest absolute Gasteiger partial charge is 0.311 e. The Morgan fingerprint density at radius 2 is 1.89 bits per heavy atom. The van der Waals surface area contributed by atoms with Crippen molar-refractivity contribution in [1.82, 2.24) is 0 Å². The predicted octanol–water partition coefficient (Wildman–Crippen LogP) is 4.39. The fourth-order valence-corrected chi connectivity index (χ4v) is 3.62. The molecule has 0 aliphatic carbocycles. The summed E-state index contributed by atoms with van der Waals surface area (Å²) in [6.45, 7) is 2.12. The van der Waals surface area contributed by atoms with Gasteiger partial charge in [0.05, 0.1) is 12.0 Å². The summed E-state index contributed by atoms with van der Waals surface area (Å²) in [7, 11) is 0. The highest BCUT2D eigenvalue weighted by Gasteiger charge is 2.35. The van der Waals surface area contributed by atoms with E-state index in [2.05, 4.69) is 0 Å². The van der Waals surface area contributed by atoms with Crippen molar-refractivity contribution in [3.05, 3.63) is 58.9 Å². The van der Waals surface area contributed by atoms with Gasteiger partial charge in [-0.3, -0.25) is 4.79 Å². The van der Waals surface area contributed by atoms with Crippen LogP contribution in [0.4, 0.5) is 4.39 Å². The maximum atomic E-state index is 14.0. The van der Waals surface area contributed by atoms with Crippen molar-refractivity contribution in [1.29, 1.82) is 0 Å². The summed E-state index contributed by atoms with van der Waals surface area (Å²) >= 11 is 5.96. The Bertz CT molecular complexity index is 813. The van der Waals surface area contributed by atoms with Crippen LogP contribution in [0.1, 0.15) is 18.9 Å². The quantitative estimate of drug-likeness (QED) is 0.540. The van der Waals surface area contributed by atoms with Gasteiger partial charge in [0.2, 0.25) is 0 Å². The molecule has 0 spiro atoms. The topological polar surface area (TPSA) is 77.8 Å². The second-order valence-electron chi connectivity index (χ2n) is 7.70. The third-order valence-corrected chi connectivity index (χ3v) is 5.23. The van der Waals surface area contributed by atoms with E-state index in [-0.39, 0.29) is 18.2 Å². The molecule has 7 heteroatoms. The number of carboxylic acids is 1. The van der Waals surface area contributed by atoms with E-state index in [1.807, 2.05) is 12.1 Å². The Balaban J connectivity index is 2.20. The first-order chi connectivity index (χ1) is 13.1. The number of benzene rings is 2. The molecule has 0 saturated carbocycles.